The number of thiophene rings is 1. The van der Waals surface area contributed by atoms with Crippen LogP contribution in [0.2, 0.25) is 4.34 Å². The third kappa shape index (κ3) is 6.18. The average molecular weight is 501 g/mol. The Bertz CT molecular complexity index is 1000. The number of hydrogen-bond donors (Lipinski definition) is 0. The zero-order valence-corrected chi connectivity index (χ0v) is 20.7. The molecule has 168 valence electrons. The standard InChI is InChI=1S/C22H26ClN3O2S2.ClH/c1-2-16-5-3-6-18-21(16)24-22(30-18)26(10-4-9-25-11-13-28-14-12-25)20(27)15-17-7-8-19(23)29-17;/h3,5-8H,2,4,9-15H2,1H3;1H. The highest BCUT2D eigenvalue weighted by atomic mass is 35.5. The maximum atomic E-state index is 13.3. The molecule has 0 radical (unpaired) electrons. The summed E-state index contributed by atoms with van der Waals surface area (Å²) in [6.07, 6.45) is 2.19. The van der Waals surface area contributed by atoms with Crippen LogP contribution in [0.25, 0.3) is 10.2 Å². The summed E-state index contributed by atoms with van der Waals surface area (Å²) in [5.74, 6) is 0.0765. The molecular weight excluding hydrogens is 473 g/mol. The molecule has 1 aliphatic heterocycles. The fourth-order valence-electron chi connectivity index (χ4n) is 3.69. The second kappa shape index (κ2) is 11.6. The van der Waals surface area contributed by atoms with E-state index in [1.54, 1.807) is 11.3 Å². The molecule has 31 heavy (non-hydrogen) atoms. The first-order chi connectivity index (χ1) is 14.6. The quantitative estimate of drug-likeness (QED) is 0.422. The van der Waals surface area contributed by atoms with Gasteiger partial charge in [-0.3, -0.25) is 14.6 Å². The molecule has 1 aromatic carbocycles. The SMILES string of the molecule is CCc1cccc2sc(N(CCCN3CCOCC3)C(=O)Cc3ccc(Cl)s3)nc12.Cl. The number of benzene rings is 1. The Balaban J connectivity index is 0.00000272. The van der Waals surface area contributed by atoms with Crippen molar-refractivity contribution in [1.82, 2.24) is 9.88 Å². The van der Waals surface area contributed by atoms with Crippen LogP contribution in [0.5, 0.6) is 0 Å². The lowest BCUT2D eigenvalue weighted by Gasteiger charge is -2.27. The molecular formula is C22H27Cl2N3O2S2. The molecule has 0 N–H and O–H groups in total. The number of hydrogen-bond acceptors (Lipinski definition) is 6. The van der Waals surface area contributed by atoms with Crippen LogP contribution in [0.3, 0.4) is 0 Å². The number of morpholine rings is 1. The number of carbonyl (C=O) groups is 1. The number of halogens is 2. The van der Waals surface area contributed by atoms with Gasteiger partial charge in [-0.1, -0.05) is 42.0 Å². The molecule has 1 amide bonds. The molecule has 3 aromatic rings. The van der Waals surface area contributed by atoms with Crippen LogP contribution in [0, 0.1) is 0 Å². The summed E-state index contributed by atoms with van der Waals surface area (Å²) in [5.41, 5.74) is 2.24. The maximum Gasteiger partial charge on any atom is 0.234 e. The summed E-state index contributed by atoms with van der Waals surface area (Å²) in [7, 11) is 0. The van der Waals surface area contributed by atoms with Gasteiger partial charge in [-0.05, 0) is 36.6 Å². The number of nitrogens with zero attached hydrogens (tertiary/aromatic N) is 3. The molecule has 2 aromatic heterocycles. The van der Waals surface area contributed by atoms with Crippen molar-refractivity contribution in [3.8, 4) is 0 Å². The van der Waals surface area contributed by atoms with Crippen LogP contribution >= 0.6 is 46.7 Å². The number of rotatable bonds is 8. The first-order valence-electron chi connectivity index (χ1n) is 10.4. The molecule has 1 aliphatic rings. The van der Waals surface area contributed by atoms with Gasteiger partial charge in [-0.15, -0.1) is 23.7 Å². The fourth-order valence-corrected chi connectivity index (χ4v) is 5.83. The van der Waals surface area contributed by atoms with Gasteiger partial charge in [0, 0.05) is 31.1 Å². The molecule has 0 atom stereocenters. The third-order valence-electron chi connectivity index (χ3n) is 5.32. The van der Waals surface area contributed by atoms with Crippen LogP contribution in [0.4, 0.5) is 5.13 Å². The van der Waals surface area contributed by atoms with Crippen molar-refractivity contribution in [1.29, 1.82) is 0 Å². The summed E-state index contributed by atoms with van der Waals surface area (Å²) in [6.45, 7) is 7.27. The minimum absolute atomic E-state index is 0. The molecule has 1 saturated heterocycles. The highest BCUT2D eigenvalue weighted by molar-refractivity contribution is 7.22. The van der Waals surface area contributed by atoms with Gasteiger partial charge in [0.2, 0.25) is 5.91 Å². The van der Waals surface area contributed by atoms with Crippen LogP contribution in [-0.4, -0.2) is 55.2 Å². The topological polar surface area (TPSA) is 45.7 Å². The first-order valence-corrected chi connectivity index (χ1v) is 12.4. The highest BCUT2D eigenvalue weighted by Crippen LogP contribution is 2.32. The van der Waals surface area contributed by atoms with E-state index in [-0.39, 0.29) is 18.3 Å². The Morgan fingerprint density at radius 1 is 1.23 bits per heavy atom. The van der Waals surface area contributed by atoms with Gasteiger partial charge in [-0.25, -0.2) is 4.98 Å². The summed E-state index contributed by atoms with van der Waals surface area (Å²) in [4.78, 5) is 23.4. The Morgan fingerprint density at radius 3 is 2.74 bits per heavy atom. The van der Waals surface area contributed by atoms with Crippen molar-refractivity contribution >= 4 is 67.9 Å². The molecule has 1 fully saturated rings. The summed E-state index contributed by atoms with van der Waals surface area (Å²) < 4.78 is 7.28. The van der Waals surface area contributed by atoms with Gasteiger partial charge in [0.25, 0.3) is 0 Å². The molecule has 3 heterocycles. The number of anilines is 1. The Kier molecular flexibility index (Phi) is 9.13. The monoisotopic (exact) mass is 499 g/mol. The number of thiazole rings is 1. The van der Waals surface area contributed by atoms with Gasteiger partial charge in [0.1, 0.15) is 0 Å². The largest absolute Gasteiger partial charge is 0.379 e. The molecule has 0 aliphatic carbocycles. The lowest BCUT2D eigenvalue weighted by molar-refractivity contribution is -0.118. The first kappa shape index (κ1) is 24.4. The second-order valence-electron chi connectivity index (χ2n) is 7.35. The van der Waals surface area contributed by atoms with Gasteiger partial charge in [0.05, 0.1) is 34.2 Å². The van der Waals surface area contributed by atoms with Crippen molar-refractivity contribution in [2.45, 2.75) is 26.2 Å². The Labute approximate surface area is 202 Å². The van der Waals surface area contributed by atoms with E-state index in [2.05, 4.69) is 30.0 Å². The Morgan fingerprint density at radius 2 is 2.03 bits per heavy atom. The number of carbonyl (C=O) groups excluding carboxylic acids is 1. The van der Waals surface area contributed by atoms with Crippen molar-refractivity contribution in [3.05, 3.63) is 45.1 Å². The number of fused-ring (bicyclic) bond motifs is 1. The lowest BCUT2D eigenvalue weighted by atomic mass is 10.1. The van der Waals surface area contributed by atoms with Crippen molar-refractivity contribution in [2.75, 3.05) is 44.3 Å². The van der Waals surface area contributed by atoms with E-state index in [0.29, 0.717) is 17.3 Å². The molecule has 5 nitrogen and oxygen atoms in total. The van der Waals surface area contributed by atoms with E-state index in [4.69, 9.17) is 21.3 Å². The smallest absolute Gasteiger partial charge is 0.234 e. The predicted octanol–water partition coefficient (Wildman–Crippen LogP) is 5.29. The van der Waals surface area contributed by atoms with Crippen LogP contribution in [0.15, 0.2) is 30.3 Å². The molecule has 0 unspecified atom stereocenters. The number of para-hydroxylation sites is 1. The molecule has 0 saturated carbocycles. The van der Waals surface area contributed by atoms with Crippen LogP contribution < -0.4 is 4.90 Å². The normalized spacial score (nSPS) is 14.5. The number of ether oxygens (including phenoxy) is 1. The van der Waals surface area contributed by atoms with Crippen molar-refractivity contribution in [3.63, 3.8) is 0 Å². The van der Waals surface area contributed by atoms with E-state index < -0.39 is 0 Å². The van der Waals surface area contributed by atoms with Gasteiger partial charge >= 0.3 is 0 Å². The zero-order chi connectivity index (χ0) is 20.9. The number of aromatic nitrogens is 1. The van der Waals surface area contributed by atoms with Gasteiger partial charge in [0.15, 0.2) is 5.13 Å². The lowest BCUT2D eigenvalue weighted by Crippen LogP contribution is -2.39. The number of aryl methyl sites for hydroxylation is 1. The molecule has 4 rings (SSSR count). The number of amides is 1. The maximum absolute atomic E-state index is 13.3. The summed E-state index contributed by atoms with van der Waals surface area (Å²) in [6, 6.07) is 10.1. The fraction of sp³-hybridized carbons (Fsp3) is 0.455. The van der Waals surface area contributed by atoms with E-state index in [0.717, 1.165) is 65.9 Å². The van der Waals surface area contributed by atoms with E-state index in [1.165, 1.54) is 16.9 Å². The van der Waals surface area contributed by atoms with Gasteiger partial charge < -0.3 is 4.74 Å². The van der Waals surface area contributed by atoms with Crippen LogP contribution in [0.1, 0.15) is 23.8 Å². The van der Waals surface area contributed by atoms with Crippen molar-refractivity contribution < 1.29 is 9.53 Å². The highest BCUT2D eigenvalue weighted by Gasteiger charge is 2.22. The van der Waals surface area contributed by atoms with E-state index in [9.17, 15) is 4.79 Å². The van der Waals surface area contributed by atoms with Gasteiger partial charge in [-0.2, -0.15) is 0 Å². The van der Waals surface area contributed by atoms with E-state index >= 15 is 0 Å². The molecule has 0 spiro atoms. The summed E-state index contributed by atoms with van der Waals surface area (Å²) in [5, 5.41) is 0.792. The van der Waals surface area contributed by atoms with Crippen LogP contribution in [-0.2, 0) is 22.4 Å². The minimum atomic E-state index is 0. The summed E-state index contributed by atoms with van der Waals surface area (Å²) >= 11 is 9.13. The molecule has 0 bridgehead atoms. The second-order valence-corrected chi connectivity index (χ2v) is 10.2. The average Bonchev–Trinajstić information content (AvgIpc) is 3.37. The predicted molar refractivity (Wildman–Crippen MR) is 134 cm³/mol. The minimum Gasteiger partial charge on any atom is -0.379 e. The van der Waals surface area contributed by atoms with E-state index in [1.807, 2.05) is 17.0 Å². The zero-order valence-electron chi connectivity index (χ0n) is 17.5. The third-order valence-corrected chi connectivity index (χ3v) is 7.59. The Hall–Kier alpha value is -1.22. The van der Waals surface area contributed by atoms with Crippen molar-refractivity contribution in [2.24, 2.45) is 0 Å². The molecule has 9 heteroatoms.